The normalized spacial score (nSPS) is 10.2. The van der Waals surface area contributed by atoms with Gasteiger partial charge in [0, 0.05) is 17.7 Å². The number of carbonyl (C=O) groups is 2. The van der Waals surface area contributed by atoms with Crippen molar-refractivity contribution in [3.63, 3.8) is 0 Å². The quantitative estimate of drug-likeness (QED) is 0.760. The van der Waals surface area contributed by atoms with E-state index in [9.17, 15) is 9.59 Å². The van der Waals surface area contributed by atoms with Crippen LogP contribution in [0, 0.1) is 0 Å². The summed E-state index contributed by atoms with van der Waals surface area (Å²) in [5, 5.41) is 14.5. The molecule has 0 aliphatic carbocycles. The Morgan fingerprint density at radius 1 is 1.18 bits per heavy atom. The van der Waals surface area contributed by atoms with Gasteiger partial charge in [-0.05, 0) is 30.7 Å². The van der Waals surface area contributed by atoms with Crippen LogP contribution in [-0.4, -0.2) is 22.1 Å². The summed E-state index contributed by atoms with van der Waals surface area (Å²) in [7, 11) is 0. The van der Waals surface area contributed by atoms with Crippen molar-refractivity contribution in [1.82, 2.24) is 10.2 Å². The van der Waals surface area contributed by atoms with Crippen LogP contribution in [-0.2, 0) is 6.42 Å². The van der Waals surface area contributed by atoms with Crippen LogP contribution in [0.15, 0.2) is 24.3 Å². The van der Waals surface area contributed by atoms with Crippen molar-refractivity contribution >= 4 is 34.1 Å². The van der Waals surface area contributed by atoms with E-state index in [1.165, 1.54) is 11.3 Å². The molecule has 2 aromatic rings. The van der Waals surface area contributed by atoms with Crippen LogP contribution in [0.1, 0.15) is 35.1 Å². The Kier molecular flexibility index (Phi) is 5.42. The molecule has 0 aliphatic heterocycles. The third kappa shape index (κ3) is 4.52. The molecular weight excluding hydrogens is 302 g/mol. The average molecular weight is 319 g/mol. The zero-order chi connectivity index (χ0) is 15.9. The fourth-order valence-corrected chi connectivity index (χ4v) is 2.53. The Morgan fingerprint density at radius 2 is 1.91 bits per heavy atom. The topological polar surface area (TPSA) is 110 Å². The Labute approximate surface area is 131 Å². The minimum absolute atomic E-state index is 0.274. The van der Waals surface area contributed by atoms with E-state index < -0.39 is 6.03 Å². The number of aromatic nitrogens is 2. The van der Waals surface area contributed by atoms with Gasteiger partial charge in [-0.2, -0.15) is 0 Å². The molecule has 2 rings (SSSR count). The number of anilines is 2. The van der Waals surface area contributed by atoms with Crippen LogP contribution in [0.2, 0.25) is 0 Å². The number of primary amides is 1. The largest absolute Gasteiger partial charge is 0.351 e. The van der Waals surface area contributed by atoms with E-state index in [1.807, 2.05) is 0 Å². The number of unbranched alkanes of at least 4 members (excludes halogenated alkanes) is 1. The standard InChI is InChI=1S/C14H17N5O2S/c1-2-3-4-11-18-19-14(22-11)17-12(20)9-5-7-10(8-6-9)16-13(15)21/h5-8H,2-4H2,1H3,(H3,15,16,21)(H,17,19,20). The summed E-state index contributed by atoms with van der Waals surface area (Å²) in [5.74, 6) is -0.274. The molecule has 3 amide bonds. The van der Waals surface area contributed by atoms with E-state index in [0.717, 1.165) is 24.3 Å². The van der Waals surface area contributed by atoms with Crippen molar-refractivity contribution in [2.45, 2.75) is 26.2 Å². The molecule has 4 N–H and O–H groups in total. The molecule has 7 nitrogen and oxygen atoms in total. The summed E-state index contributed by atoms with van der Waals surface area (Å²) >= 11 is 1.38. The number of amides is 3. The number of hydrogen-bond acceptors (Lipinski definition) is 5. The van der Waals surface area contributed by atoms with Crippen molar-refractivity contribution in [2.75, 3.05) is 10.6 Å². The summed E-state index contributed by atoms with van der Waals surface area (Å²) in [6.07, 6.45) is 3.02. The van der Waals surface area contributed by atoms with Crippen LogP contribution in [0.3, 0.4) is 0 Å². The number of benzene rings is 1. The molecule has 22 heavy (non-hydrogen) atoms. The number of nitrogens with one attached hydrogen (secondary N) is 2. The van der Waals surface area contributed by atoms with Gasteiger partial charge in [-0.1, -0.05) is 24.7 Å². The van der Waals surface area contributed by atoms with Crippen molar-refractivity contribution < 1.29 is 9.59 Å². The van der Waals surface area contributed by atoms with Gasteiger partial charge in [0.15, 0.2) is 0 Å². The number of nitrogens with zero attached hydrogens (tertiary/aromatic N) is 2. The number of hydrogen-bond donors (Lipinski definition) is 3. The van der Waals surface area contributed by atoms with Crippen molar-refractivity contribution in [3.8, 4) is 0 Å². The van der Waals surface area contributed by atoms with E-state index in [0.29, 0.717) is 16.4 Å². The Morgan fingerprint density at radius 3 is 2.55 bits per heavy atom. The van der Waals surface area contributed by atoms with Crippen molar-refractivity contribution in [2.24, 2.45) is 5.73 Å². The molecule has 0 atom stereocenters. The zero-order valence-corrected chi connectivity index (χ0v) is 12.9. The smallest absolute Gasteiger partial charge is 0.316 e. The lowest BCUT2D eigenvalue weighted by atomic mass is 10.2. The molecule has 0 spiro atoms. The van der Waals surface area contributed by atoms with Gasteiger partial charge in [0.1, 0.15) is 5.01 Å². The first-order chi connectivity index (χ1) is 10.6. The fourth-order valence-electron chi connectivity index (χ4n) is 1.75. The molecule has 0 unspecified atom stereocenters. The van der Waals surface area contributed by atoms with Crippen LogP contribution in [0.4, 0.5) is 15.6 Å². The monoisotopic (exact) mass is 319 g/mol. The van der Waals surface area contributed by atoms with Crippen LogP contribution < -0.4 is 16.4 Å². The maximum atomic E-state index is 12.1. The highest BCUT2D eigenvalue weighted by Gasteiger charge is 2.10. The highest BCUT2D eigenvalue weighted by atomic mass is 32.1. The second kappa shape index (κ2) is 7.51. The molecule has 1 heterocycles. The third-order valence-corrected chi connectivity index (χ3v) is 3.74. The van der Waals surface area contributed by atoms with Crippen molar-refractivity contribution in [3.05, 3.63) is 34.8 Å². The zero-order valence-electron chi connectivity index (χ0n) is 12.1. The van der Waals surface area contributed by atoms with Crippen LogP contribution in [0.5, 0.6) is 0 Å². The first kappa shape index (κ1) is 15.9. The summed E-state index contributed by atoms with van der Waals surface area (Å²) in [4.78, 5) is 22.8. The molecular formula is C14H17N5O2S. The Balaban J connectivity index is 1.96. The first-order valence-electron chi connectivity index (χ1n) is 6.88. The molecule has 8 heteroatoms. The van der Waals surface area contributed by atoms with E-state index in [-0.39, 0.29) is 5.91 Å². The molecule has 0 saturated heterocycles. The average Bonchev–Trinajstić information content (AvgIpc) is 2.92. The summed E-state index contributed by atoms with van der Waals surface area (Å²) in [6, 6.07) is 5.75. The highest BCUT2D eigenvalue weighted by Crippen LogP contribution is 2.18. The molecule has 0 fully saturated rings. The summed E-state index contributed by atoms with van der Waals surface area (Å²) in [5.41, 5.74) is 6.01. The minimum atomic E-state index is -0.648. The van der Waals surface area contributed by atoms with E-state index in [2.05, 4.69) is 27.8 Å². The van der Waals surface area contributed by atoms with Gasteiger partial charge in [-0.15, -0.1) is 10.2 Å². The van der Waals surface area contributed by atoms with Gasteiger partial charge in [0.25, 0.3) is 5.91 Å². The summed E-state index contributed by atoms with van der Waals surface area (Å²) in [6.45, 7) is 2.11. The number of carbonyl (C=O) groups excluding carboxylic acids is 2. The lowest BCUT2D eigenvalue weighted by molar-refractivity contribution is 0.102. The Hall–Kier alpha value is -2.48. The predicted molar refractivity (Wildman–Crippen MR) is 86.1 cm³/mol. The van der Waals surface area contributed by atoms with Gasteiger partial charge in [-0.25, -0.2) is 4.79 Å². The van der Waals surface area contributed by atoms with E-state index in [1.54, 1.807) is 24.3 Å². The lowest BCUT2D eigenvalue weighted by Gasteiger charge is -2.04. The summed E-state index contributed by atoms with van der Waals surface area (Å²) < 4.78 is 0. The molecule has 0 bridgehead atoms. The van der Waals surface area contributed by atoms with Gasteiger partial charge in [0.2, 0.25) is 5.13 Å². The van der Waals surface area contributed by atoms with E-state index in [4.69, 9.17) is 5.73 Å². The van der Waals surface area contributed by atoms with Gasteiger partial charge in [-0.3, -0.25) is 10.1 Å². The second-order valence-corrected chi connectivity index (χ2v) is 5.69. The maximum Gasteiger partial charge on any atom is 0.316 e. The maximum absolute atomic E-state index is 12.1. The van der Waals surface area contributed by atoms with Crippen LogP contribution >= 0.6 is 11.3 Å². The molecule has 1 aromatic heterocycles. The van der Waals surface area contributed by atoms with Crippen LogP contribution in [0.25, 0.3) is 0 Å². The van der Waals surface area contributed by atoms with Crippen molar-refractivity contribution in [1.29, 1.82) is 0 Å². The second-order valence-electron chi connectivity index (χ2n) is 4.63. The van der Waals surface area contributed by atoms with Gasteiger partial charge >= 0.3 is 6.03 Å². The van der Waals surface area contributed by atoms with Gasteiger partial charge in [0.05, 0.1) is 0 Å². The molecule has 1 aromatic carbocycles. The molecule has 116 valence electrons. The molecule has 0 radical (unpaired) electrons. The molecule has 0 saturated carbocycles. The fraction of sp³-hybridized carbons (Fsp3) is 0.286. The number of nitrogens with two attached hydrogens (primary N) is 1. The van der Waals surface area contributed by atoms with Gasteiger partial charge < -0.3 is 11.1 Å². The minimum Gasteiger partial charge on any atom is -0.351 e. The lowest BCUT2D eigenvalue weighted by Crippen LogP contribution is -2.19. The SMILES string of the molecule is CCCCc1nnc(NC(=O)c2ccc(NC(N)=O)cc2)s1. The highest BCUT2D eigenvalue weighted by molar-refractivity contribution is 7.15. The number of rotatable bonds is 6. The predicted octanol–water partition coefficient (Wildman–Crippen LogP) is 2.62. The third-order valence-electron chi connectivity index (χ3n) is 2.85. The van der Waals surface area contributed by atoms with E-state index >= 15 is 0 Å². The molecule has 0 aliphatic rings. The first-order valence-corrected chi connectivity index (χ1v) is 7.70. The Bertz CT molecular complexity index is 654. The number of aryl methyl sites for hydroxylation is 1. The number of urea groups is 1.